The first-order chi connectivity index (χ1) is 10.2. The fourth-order valence-electron chi connectivity index (χ4n) is 2.25. The summed E-state index contributed by atoms with van der Waals surface area (Å²) in [5.41, 5.74) is 0. The first kappa shape index (κ1) is 16.5. The minimum absolute atomic E-state index is 0.545. The van der Waals surface area contributed by atoms with Crippen molar-refractivity contribution in [1.82, 2.24) is 14.9 Å². The Labute approximate surface area is 135 Å². The quantitative estimate of drug-likeness (QED) is 0.743. The number of hydrogen-bond donors (Lipinski definition) is 1. The van der Waals surface area contributed by atoms with E-state index in [1.807, 2.05) is 0 Å². The fourth-order valence-corrected chi connectivity index (χ4v) is 3.66. The molecule has 0 amide bonds. The summed E-state index contributed by atoms with van der Waals surface area (Å²) >= 11 is 7.99. The molecule has 0 fully saturated rings. The van der Waals surface area contributed by atoms with Gasteiger partial charge in [-0.1, -0.05) is 38.8 Å². The predicted octanol–water partition coefficient (Wildman–Crippen LogP) is 4.05. The molecule has 2 rings (SSSR count). The summed E-state index contributed by atoms with van der Waals surface area (Å²) in [6, 6.07) is 2.12. The zero-order valence-electron chi connectivity index (χ0n) is 12.9. The van der Waals surface area contributed by atoms with E-state index in [1.165, 1.54) is 4.88 Å². The Morgan fingerprint density at radius 1 is 1.24 bits per heavy atom. The number of fused-ring (bicyclic) bond motifs is 1. The van der Waals surface area contributed by atoms with Crippen molar-refractivity contribution in [3.05, 3.63) is 16.1 Å². The summed E-state index contributed by atoms with van der Waals surface area (Å²) < 4.78 is 0. The van der Waals surface area contributed by atoms with Crippen molar-refractivity contribution >= 4 is 39.1 Å². The Kier molecular flexibility index (Phi) is 6.21. The van der Waals surface area contributed by atoms with Crippen LogP contribution in [0.25, 0.3) is 10.2 Å². The van der Waals surface area contributed by atoms with Gasteiger partial charge in [0, 0.05) is 23.4 Å². The van der Waals surface area contributed by atoms with Crippen molar-refractivity contribution < 1.29 is 0 Å². The molecule has 0 radical (unpaired) electrons. The van der Waals surface area contributed by atoms with Gasteiger partial charge in [0.05, 0.1) is 0 Å². The maximum Gasteiger partial charge on any atom is 0.225 e. The third kappa shape index (κ3) is 4.28. The molecule has 1 N–H and O–H groups in total. The van der Waals surface area contributed by atoms with E-state index in [1.54, 1.807) is 11.3 Å². The van der Waals surface area contributed by atoms with E-state index in [0.29, 0.717) is 11.1 Å². The average Bonchev–Trinajstić information content (AvgIpc) is 2.87. The van der Waals surface area contributed by atoms with E-state index < -0.39 is 0 Å². The largest absolute Gasteiger partial charge is 0.353 e. The summed E-state index contributed by atoms with van der Waals surface area (Å²) in [7, 11) is 0. The summed E-state index contributed by atoms with van der Waals surface area (Å²) in [4.78, 5) is 13.6. The molecule has 2 heterocycles. The van der Waals surface area contributed by atoms with Crippen LogP contribution in [-0.4, -0.2) is 41.0 Å². The second kappa shape index (κ2) is 7.92. The Hall–Kier alpha value is -0.910. The number of aromatic nitrogens is 2. The Bertz CT molecular complexity index is 580. The minimum atomic E-state index is 0.545. The number of nitrogens with one attached hydrogen (secondary N) is 1. The number of rotatable bonds is 8. The summed E-state index contributed by atoms with van der Waals surface area (Å²) in [6.45, 7) is 10.5. The molecule has 6 heteroatoms. The third-order valence-corrected chi connectivity index (χ3v) is 4.88. The van der Waals surface area contributed by atoms with Crippen molar-refractivity contribution in [2.45, 2.75) is 33.6 Å². The normalized spacial score (nSPS) is 11.5. The standard InChI is InChI=1S/C15H23ClN4S/c1-4-7-11-10-12-13(16)18-15(19-14(12)21-11)17-8-9-20(5-2)6-3/h10H,4-9H2,1-3H3,(H,17,18,19). The smallest absolute Gasteiger partial charge is 0.225 e. The fraction of sp³-hybridized carbons (Fsp3) is 0.600. The highest BCUT2D eigenvalue weighted by molar-refractivity contribution is 7.18. The van der Waals surface area contributed by atoms with Gasteiger partial charge in [-0.3, -0.25) is 0 Å². The van der Waals surface area contributed by atoms with E-state index >= 15 is 0 Å². The van der Waals surface area contributed by atoms with Crippen LogP contribution < -0.4 is 5.32 Å². The maximum atomic E-state index is 6.28. The van der Waals surface area contributed by atoms with Gasteiger partial charge in [0.1, 0.15) is 9.98 Å². The van der Waals surface area contributed by atoms with Crippen molar-refractivity contribution in [1.29, 1.82) is 0 Å². The molecule has 0 unspecified atom stereocenters. The number of hydrogen-bond acceptors (Lipinski definition) is 5. The number of nitrogens with zero attached hydrogens (tertiary/aromatic N) is 3. The Morgan fingerprint density at radius 2 is 2.00 bits per heavy atom. The van der Waals surface area contributed by atoms with Gasteiger partial charge in [-0.05, 0) is 25.6 Å². The van der Waals surface area contributed by atoms with E-state index in [9.17, 15) is 0 Å². The molecule has 21 heavy (non-hydrogen) atoms. The molecule has 116 valence electrons. The second-order valence-electron chi connectivity index (χ2n) is 4.97. The lowest BCUT2D eigenvalue weighted by Gasteiger charge is -2.17. The first-order valence-corrected chi connectivity index (χ1v) is 8.79. The van der Waals surface area contributed by atoms with Crippen LogP contribution in [0.3, 0.4) is 0 Å². The molecule has 0 spiro atoms. The highest BCUT2D eigenvalue weighted by Gasteiger charge is 2.10. The van der Waals surface area contributed by atoms with E-state index in [2.05, 4.69) is 47.0 Å². The monoisotopic (exact) mass is 326 g/mol. The van der Waals surface area contributed by atoms with Crippen molar-refractivity contribution in [2.24, 2.45) is 0 Å². The van der Waals surface area contributed by atoms with Crippen molar-refractivity contribution in [3.8, 4) is 0 Å². The van der Waals surface area contributed by atoms with Gasteiger partial charge < -0.3 is 10.2 Å². The number of halogens is 1. The maximum absolute atomic E-state index is 6.28. The van der Waals surface area contributed by atoms with Gasteiger partial charge in [-0.2, -0.15) is 0 Å². The molecule has 4 nitrogen and oxygen atoms in total. The minimum Gasteiger partial charge on any atom is -0.353 e. The van der Waals surface area contributed by atoms with E-state index in [0.717, 1.165) is 49.2 Å². The van der Waals surface area contributed by atoms with Crippen LogP contribution in [0.5, 0.6) is 0 Å². The lowest BCUT2D eigenvalue weighted by molar-refractivity contribution is 0.316. The molecular formula is C15H23ClN4S. The van der Waals surface area contributed by atoms with Crippen molar-refractivity contribution in [3.63, 3.8) is 0 Å². The molecule has 0 bridgehead atoms. The second-order valence-corrected chi connectivity index (χ2v) is 6.45. The number of likely N-dealkylation sites (N-methyl/N-ethyl adjacent to an activating group) is 1. The topological polar surface area (TPSA) is 41.1 Å². The predicted molar refractivity (Wildman–Crippen MR) is 92.7 cm³/mol. The molecule has 0 atom stereocenters. The third-order valence-electron chi connectivity index (χ3n) is 3.50. The van der Waals surface area contributed by atoms with Gasteiger partial charge in [0.15, 0.2) is 0 Å². The average molecular weight is 327 g/mol. The molecule has 0 aliphatic heterocycles. The SMILES string of the molecule is CCCc1cc2c(Cl)nc(NCCN(CC)CC)nc2s1. The van der Waals surface area contributed by atoms with Crippen LogP contribution in [0.4, 0.5) is 5.95 Å². The van der Waals surface area contributed by atoms with Crippen LogP contribution in [0.15, 0.2) is 6.07 Å². The summed E-state index contributed by atoms with van der Waals surface area (Å²) in [6.07, 6.45) is 2.20. The zero-order chi connectivity index (χ0) is 15.2. The lowest BCUT2D eigenvalue weighted by atomic mass is 10.3. The highest BCUT2D eigenvalue weighted by Crippen LogP contribution is 2.30. The van der Waals surface area contributed by atoms with Crippen LogP contribution in [0, 0.1) is 0 Å². The first-order valence-electron chi connectivity index (χ1n) is 7.60. The Morgan fingerprint density at radius 3 is 2.67 bits per heavy atom. The highest BCUT2D eigenvalue weighted by atomic mass is 35.5. The molecule has 2 aromatic heterocycles. The van der Waals surface area contributed by atoms with Gasteiger partial charge in [-0.25, -0.2) is 9.97 Å². The molecule has 0 aliphatic rings. The van der Waals surface area contributed by atoms with Gasteiger partial charge in [-0.15, -0.1) is 11.3 Å². The summed E-state index contributed by atoms with van der Waals surface area (Å²) in [5.74, 6) is 0.629. The summed E-state index contributed by atoms with van der Waals surface area (Å²) in [5, 5.41) is 4.79. The van der Waals surface area contributed by atoms with Gasteiger partial charge >= 0.3 is 0 Å². The van der Waals surface area contributed by atoms with Crippen LogP contribution in [-0.2, 0) is 6.42 Å². The lowest BCUT2D eigenvalue weighted by Crippen LogP contribution is -2.28. The number of anilines is 1. The number of aryl methyl sites for hydroxylation is 1. The molecular weight excluding hydrogens is 304 g/mol. The van der Waals surface area contributed by atoms with Crippen LogP contribution in [0.1, 0.15) is 32.1 Å². The van der Waals surface area contributed by atoms with Gasteiger partial charge in [0.25, 0.3) is 0 Å². The zero-order valence-corrected chi connectivity index (χ0v) is 14.5. The molecule has 2 aromatic rings. The Balaban J connectivity index is 2.07. The number of thiophene rings is 1. The van der Waals surface area contributed by atoms with E-state index in [-0.39, 0.29) is 0 Å². The molecule has 0 saturated heterocycles. The molecule has 0 aliphatic carbocycles. The van der Waals surface area contributed by atoms with E-state index in [4.69, 9.17) is 11.6 Å². The molecule has 0 saturated carbocycles. The van der Waals surface area contributed by atoms with Crippen LogP contribution in [0.2, 0.25) is 5.15 Å². The van der Waals surface area contributed by atoms with Gasteiger partial charge in [0.2, 0.25) is 5.95 Å². The van der Waals surface area contributed by atoms with Crippen molar-refractivity contribution in [2.75, 3.05) is 31.5 Å². The molecule has 0 aromatic carbocycles. The van der Waals surface area contributed by atoms with Crippen LogP contribution >= 0.6 is 22.9 Å².